The SMILES string of the molecule is CS(=O)(=O)NCc1nc2c(cnc3ccccc32)[nH]1.N#CCC1CCCCC1.[HH]. The number of rotatable bonds is 4. The molecule has 1 aliphatic rings. The third-order valence-corrected chi connectivity index (χ3v) is 5.55. The number of fused-ring (bicyclic) bond motifs is 3. The van der Waals surface area contributed by atoms with Crippen LogP contribution in [-0.4, -0.2) is 29.6 Å². The average molecular weight is 402 g/mol. The lowest BCUT2D eigenvalue weighted by Gasteiger charge is -2.17. The predicted molar refractivity (Wildman–Crippen MR) is 112 cm³/mol. The summed E-state index contributed by atoms with van der Waals surface area (Å²) in [6, 6.07) is 9.94. The molecule has 7 nitrogen and oxygen atoms in total. The Bertz CT molecular complexity index is 1090. The van der Waals surface area contributed by atoms with Gasteiger partial charge in [0.15, 0.2) is 0 Å². The number of nitriles is 1. The van der Waals surface area contributed by atoms with Gasteiger partial charge in [-0.1, -0.05) is 37.5 Å². The lowest BCUT2D eigenvalue weighted by Crippen LogP contribution is -2.21. The summed E-state index contributed by atoms with van der Waals surface area (Å²) in [5.41, 5.74) is 2.46. The number of para-hydroxylation sites is 1. The molecule has 1 fully saturated rings. The molecule has 0 spiro atoms. The maximum Gasteiger partial charge on any atom is 0.209 e. The van der Waals surface area contributed by atoms with E-state index in [1.54, 1.807) is 6.20 Å². The highest BCUT2D eigenvalue weighted by Gasteiger charge is 2.12. The number of nitrogens with zero attached hydrogens (tertiary/aromatic N) is 3. The molecule has 28 heavy (non-hydrogen) atoms. The van der Waals surface area contributed by atoms with Crippen LogP contribution in [0.15, 0.2) is 30.5 Å². The first-order valence-corrected chi connectivity index (χ1v) is 11.4. The van der Waals surface area contributed by atoms with Gasteiger partial charge in [-0.25, -0.2) is 18.1 Å². The second-order valence-corrected chi connectivity index (χ2v) is 9.01. The van der Waals surface area contributed by atoms with Crippen molar-refractivity contribution < 1.29 is 9.84 Å². The van der Waals surface area contributed by atoms with Crippen LogP contribution in [0.2, 0.25) is 0 Å². The monoisotopic (exact) mass is 401 g/mol. The summed E-state index contributed by atoms with van der Waals surface area (Å²) in [6.45, 7) is 0.141. The van der Waals surface area contributed by atoms with Crippen LogP contribution in [0.5, 0.6) is 0 Å². The molecule has 0 saturated heterocycles. The lowest BCUT2D eigenvalue weighted by molar-refractivity contribution is 0.364. The quantitative estimate of drug-likeness (QED) is 0.689. The molecule has 0 unspecified atom stereocenters. The van der Waals surface area contributed by atoms with Gasteiger partial charge in [0.2, 0.25) is 10.0 Å². The van der Waals surface area contributed by atoms with Crippen molar-refractivity contribution in [2.45, 2.75) is 45.1 Å². The highest BCUT2D eigenvalue weighted by atomic mass is 32.2. The zero-order chi connectivity index (χ0) is 20.0. The largest absolute Gasteiger partial charge is 0.340 e. The van der Waals surface area contributed by atoms with Gasteiger partial charge in [0.1, 0.15) is 5.82 Å². The van der Waals surface area contributed by atoms with Crippen molar-refractivity contribution in [1.82, 2.24) is 19.7 Å². The van der Waals surface area contributed by atoms with Crippen LogP contribution in [0.25, 0.3) is 21.9 Å². The minimum atomic E-state index is -3.23. The maximum absolute atomic E-state index is 11.1. The smallest absolute Gasteiger partial charge is 0.209 e. The Morgan fingerprint density at radius 3 is 2.75 bits per heavy atom. The van der Waals surface area contributed by atoms with E-state index in [4.69, 9.17) is 5.26 Å². The number of benzene rings is 1. The Morgan fingerprint density at radius 2 is 2.04 bits per heavy atom. The third-order valence-electron chi connectivity index (χ3n) is 4.88. The van der Waals surface area contributed by atoms with Crippen molar-refractivity contribution in [2.75, 3.05) is 6.26 Å². The van der Waals surface area contributed by atoms with E-state index >= 15 is 0 Å². The van der Waals surface area contributed by atoms with Gasteiger partial charge in [0.25, 0.3) is 0 Å². The van der Waals surface area contributed by atoms with Crippen LogP contribution in [0.1, 0.15) is 45.8 Å². The van der Waals surface area contributed by atoms with Gasteiger partial charge in [0.05, 0.1) is 41.6 Å². The topological polar surface area (TPSA) is 112 Å². The zero-order valence-electron chi connectivity index (χ0n) is 16.0. The molecule has 1 aliphatic carbocycles. The molecule has 0 amide bonds. The third kappa shape index (κ3) is 5.50. The zero-order valence-corrected chi connectivity index (χ0v) is 16.8. The fourth-order valence-corrected chi connectivity index (χ4v) is 3.86. The minimum absolute atomic E-state index is 0. The van der Waals surface area contributed by atoms with E-state index in [1.807, 2.05) is 24.3 Å². The van der Waals surface area contributed by atoms with E-state index in [2.05, 4.69) is 25.7 Å². The van der Waals surface area contributed by atoms with Crippen LogP contribution >= 0.6 is 0 Å². The summed E-state index contributed by atoms with van der Waals surface area (Å²) in [7, 11) is -3.23. The van der Waals surface area contributed by atoms with E-state index in [9.17, 15) is 8.42 Å². The van der Waals surface area contributed by atoms with E-state index in [0.717, 1.165) is 40.5 Å². The van der Waals surface area contributed by atoms with E-state index < -0.39 is 10.0 Å². The molecule has 4 rings (SSSR count). The molecule has 150 valence electrons. The maximum atomic E-state index is 11.1. The molecule has 0 radical (unpaired) electrons. The van der Waals surface area contributed by atoms with Gasteiger partial charge in [-0.15, -0.1) is 0 Å². The Labute approximate surface area is 166 Å². The van der Waals surface area contributed by atoms with Crippen LogP contribution in [-0.2, 0) is 16.6 Å². The molecule has 0 atom stereocenters. The Balaban J connectivity index is 0.000000255. The summed E-state index contributed by atoms with van der Waals surface area (Å²) < 4.78 is 24.5. The van der Waals surface area contributed by atoms with Crippen LogP contribution in [0.4, 0.5) is 0 Å². The van der Waals surface area contributed by atoms with Gasteiger partial charge in [-0.05, 0) is 24.8 Å². The number of imidazole rings is 1. The van der Waals surface area contributed by atoms with Gasteiger partial charge < -0.3 is 4.98 Å². The Kier molecular flexibility index (Phi) is 6.60. The molecule has 0 aliphatic heterocycles. The molecule has 2 N–H and O–H groups in total. The number of aromatic amines is 1. The number of nitrogens with one attached hydrogen (secondary N) is 2. The fraction of sp³-hybridized carbons (Fsp3) is 0.450. The highest BCUT2D eigenvalue weighted by Crippen LogP contribution is 2.25. The molecular formula is C20H27N5O2S. The van der Waals surface area contributed by atoms with Crippen LogP contribution in [0, 0.1) is 17.2 Å². The number of H-pyrrole nitrogens is 1. The predicted octanol–water partition coefficient (Wildman–Crippen LogP) is 3.89. The standard InChI is InChI=1S/C12H12N4O2S.C8H13N.H2/c1-19(17,18)14-7-11-15-10-6-13-9-5-3-2-4-8(9)12(10)16-11;9-7-6-8-4-2-1-3-5-8;/h2-6,14H,7H2,1H3,(H,15,16);8H,1-6H2;1H. The van der Waals surface area contributed by atoms with Crippen molar-refractivity contribution in [3.05, 3.63) is 36.3 Å². The van der Waals surface area contributed by atoms with Gasteiger partial charge in [-0.3, -0.25) is 4.98 Å². The molecule has 1 aromatic carbocycles. The van der Waals surface area contributed by atoms with E-state index in [0.29, 0.717) is 5.82 Å². The Hall–Kier alpha value is -2.50. The van der Waals surface area contributed by atoms with Crippen molar-refractivity contribution in [1.29, 1.82) is 5.26 Å². The second kappa shape index (κ2) is 9.13. The highest BCUT2D eigenvalue weighted by molar-refractivity contribution is 7.88. The molecule has 2 aromatic heterocycles. The molecule has 8 heteroatoms. The van der Waals surface area contributed by atoms with Crippen molar-refractivity contribution in [3.63, 3.8) is 0 Å². The number of sulfonamides is 1. The lowest BCUT2D eigenvalue weighted by atomic mass is 9.87. The van der Waals surface area contributed by atoms with Gasteiger partial charge in [-0.2, -0.15) is 5.26 Å². The van der Waals surface area contributed by atoms with Crippen molar-refractivity contribution in [2.24, 2.45) is 5.92 Å². The molecule has 2 heterocycles. The fourth-order valence-electron chi connectivity index (χ4n) is 3.46. The number of hydrogen-bond donors (Lipinski definition) is 2. The van der Waals surface area contributed by atoms with Crippen molar-refractivity contribution >= 4 is 32.0 Å². The Morgan fingerprint density at radius 1 is 1.29 bits per heavy atom. The first-order valence-electron chi connectivity index (χ1n) is 9.50. The normalized spacial score (nSPS) is 15.1. The average Bonchev–Trinajstić information content (AvgIpc) is 3.11. The first-order chi connectivity index (χ1) is 13.5. The summed E-state index contributed by atoms with van der Waals surface area (Å²) in [5.74, 6) is 1.31. The number of pyridine rings is 1. The van der Waals surface area contributed by atoms with Crippen LogP contribution < -0.4 is 4.72 Å². The number of hydrogen-bond acceptors (Lipinski definition) is 5. The molecule has 0 bridgehead atoms. The summed E-state index contributed by atoms with van der Waals surface area (Å²) in [4.78, 5) is 11.8. The molecular weight excluding hydrogens is 374 g/mol. The number of aromatic nitrogens is 3. The van der Waals surface area contributed by atoms with Gasteiger partial charge in [0, 0.05) is 13.2 Å². The molecule has 3 aromatic rings. The summed E-state index contributed by atoms with van der Waals surface area (Å²) >= 11 is 0. The first kappa shape index (κ1) is 20.2. The van der Waals surface area contributed by atoms with E-state index in [-0.39, 0.29) is 7.97 Å². The van der Waals surface area contributed by atoms with Crippen molar-refractivity contribution in [3.8, 4) is 6.07 Å². The summed E-state index contributed by atoms with van der Waals surface area (Å²) in [5, 5.41) is 9.31. The molecule has 1 saturated carbocycles. The minimum Gasteiger partial charge on any atom is -0.340 e. The van der Waals surface area contributed by atoms with Gasteiger partial charge >= 0.3 is 0 Å². The van der Waals surface area contributed by atoms with E-state index in [1.165, 1.54) is 32.1 Å². The van der Waals surface area contributed by atoms with Crippen LogP contribution in [0.3, 0.4) is 0 Å². The second-order valence-electron chi connectivity index (χ2n) is 7.18. The summed E-state index contributed by atoms with van der Waals surface area (Å²) in [6.07, 6.45) is 10.3.